The number of esters is 1. The van der Waals surface area contributed by atoms with E-state index in [9.17, 15) is 9.59 Å². The maximum atomic E-state index is 12.6. The van der Waals surface area contributed by atoms with E-state index in [1.54, 1.807) is 6.92 Å². The van der Waals surface area contributed by atoms with Crippen LogP contribution in [0.15, 0.2) is 65.9 Å². The maximum absolute atomic E-state index is 12.6. The number of hydrogen-bond donors (Lipinski definition) is 1. The van der Waals surface area contributed by atoms with Gasteiger partial charge >= 0.3 is 5.97 Å². The summed E-state index contributed by atoms with van der Waals surface area (Å²) in [4.78, 5) is 27.7. The second-order valence-electron chi connectivity index (χ2n) is 7.32. The Morgan fingerprint density at radius 3 is 2.47 bits per heavy atom. The number of H-pyrrole nitrogens is 1. The van der Waals surface area contributed by atoms with Gasteiger partial charge in [0, 0.05) is 11.3 Å². The molecule has 0 amide bonds. The lowest BCUT2D eigenvalue weighted by Gasteiger charge is -2.19. The van der Waals surface area contributed by atoms with Gasteiger partial charge in [-0.1, -0.05) is 59.7 Å². The van der Waals surface area contributed by atoms with Gasteiger partial charge in [-0.15, -0.1) is 0 Å². The van der Waals surface area contributed by atoms with Crippen LogP contribution in [0, 0.1) is 5.92 Å². The molecule has 0 fully saturated rings. The average Bonchev–Trinajstić information content (AvgIpc) is 3.35. The first-order chi connectivity index (χ1) is 15.6. The number of carbonyl (C=O) groups is 2. The average molecular weight is 432 g/mol. The Balaban J connectivity index is 1.78. The SMILES string of the molecule is CCOC(=O)[C@@H](C[C@H](CC(=O)c1cn[nH]n1)Cc1ccc(-c2ccccc2)cc1)N=[N+]=[N-]. The molecular weight excluding hydrogens is 408 g/mol. The van der Waals surface area contributed by atoms with Crippen LogP contribution in [0.1, 0.15) is 35.8 Å². The van der Waals surface area contributed by atoms with Crippen molar-refractivity contribution in [3.05, 3.63) is 82.5 Å². The molecule has 2 atom stereocenters. The quantitative estimate of drug-likeness (QED) is 0.156. The minimum absolute atomic E-state index is 0.129. The molecule has 0 saturated carbocycles. The van der Waals surface area contributed by atoms with Crippen molar-refractivity contribution >= 4 is 11.8 Å². The van der Waals surface area contributed by atoms with Gasteiger partial charge in [-0.2, -0.15) is 15.4 Å². The van der Waals surface area contributed by atoms with Gasteiger partial charge in [0.15, 0.2) is 5.78 Å². The van der Waals surface area contributed by atoms with Crippen LogP contribution in [0.3, 0.4) is 0 Å². The van der Waals surface area contributed by atoms with Crippen LogP contribution in [0.2, 0.25) is 0 Å². The predicted octanol–water partition coefficient (Wildman–Crippen LogP) is 4.54. The number of aromatic amines is 1. The lowest BCUT2D eigenvalue weighted by Crippen LogP contribution is -2.26. The standard InChI is InChI=1S/C23H24N6O3/c1-2-32-23(31)20(26-28-24)13-17(14-22(30)21-15-25-29-27-21)12-16-8-10-19(11-9-16)18-6-4-3-5-7-18/h3-11,15,17,20H,2,12-14H2,1H3,(H,25,27,29)/t17-,20-/m1/s1. The van der Waals surface area contributed by atoms with Crippen molar-refractivity contribution in [1.29, 1.82) is 0 Å². The van der Waals surface area contributed by atoms with Crippen LogP contribution in [0.25, 0.3) is 21.6 Å². The first kappa shape index (κ1) is 22.7. The van der Waals surface area contributed by atoms with Gasteiger partial charge in [-0.25, -0.2) is 0 Å². The summed E-state index contributed by atoms with van der Waals surface area (Å²) in [7, 11) is 0. The molecule has 32 heavy (non-hydrogen) atoms. The molecule has 9 nitrogen and oxygen atoms in total. The first-order valence-corrected chi connectivity index (χ1v) is 10.3. The number of rotatable bonds is 11. The predicted molar refractivity (Wildman–Crippen MR) is 119 cm³/mol. The smallest absolute Gasteiger partial charge is 0.314 e. The third kappa shape index (κ3) is 6.26. The Kier molecular flexibility index (Phi) is 8.11. The molecule has 0 aliphatic rings. The van der Waals surface area contributed by atoms with Crippen LogP contribution in [0.4, 0.5) is 0 Å². The van der Waals surface area contributed by atoms with Gasteiger partial charge in [-0.3, -0.25) is 9.59 Å². The van der Waals surface area contributed by atoms with Gasteiger partial charge in [0.05, 0.1) is 12.8 Å². The van der Waals surface area contributed by atoms with Crippen LogP contribution >= 0.6 is 0 Å². The van der Waals surface area contributed by atoms with Crippen LogP contribution < -0.4 is 0 Å². The van der Waals surface area contributed by atoms with E-state index in [0.717, 1.165) is 16.7 Å². The molecule has 1 N–H and O–H groups in total. The molecule has 1 heterocycles. The lowest BCUT2D eigenvalue weighted by atomic mass is 9.87. The number of aromatic nitrogens is 3. The highest BCUT2D eigenvalue weighted by Gasteiger charge is 2.26. The number of nitrogens with zero attached hydrogens (tertiary/aromatic N) is 5. The second-order valence-corrected chi connectivity index (χ2v) is 7.32. The van der Waals surface area contributed by atoms with E-state index in [-0.39, 0.29) is 36.8 Å². The van der Waals surface area contributed by atoms with E-state index in [1.807, 2.05) is 54.6 Å². The van der Waals surface area contributed by atoms with Gasteiger partial charge in [0.2, 0.25) is 0 Å². The fraction of sp³-hybridized carbons (Fsp3) is 0.304. The topological polar surface area (TPSA) is 134 Å². The van der Waals surface area contributed by atoms with Crippen molar-refractivity contribution in [2.45, 2.75) is 32.2 Å². The molecule has 0 radical (unpaired) electrons. The Labute approximate surface area is 185 Å². The number of Topliss-reactive ketones (excluding diaryl/α,β-unsaturated/α-hetero) is 1. The van der Waals surface area contributed by atoms with Crippen LogP contribution in [-0.4, -0.2) is 39.8 Å². The van der Waals surface area contributed by atoms with Crippen molar-refractivity contribution in [2.24, 2.45) is 11.0 Å². The van der Waals surface area contributed by atoms with Crippen molar-refractivity contribution in [1.82, 2.24) is 15.4 Å². The van der Waals surface area contributed by atoms with Gasteiger partial charge < -0.3 is 4.74 Å². The Morgan fingerprint density at radius 2 is 1.84 bits per heavy atom. The Hall–Kier alpha value is -3.97. The van der Waals surface area contributed by atoms with Crippen molar-refractivity contribution in [2.75, 3.05) is 6.61 Å². The summed E-state index contributed by atoms with van der Waals surface area (Å²) in [5.41, 5.74) is 12.3. The number of azide groups is 1. The fourth-order valence-electron chi connectivity index (χ4n) is 3.55. The van der Waals surface area contributed by atoms with E-state index in [1.165, 1.54) is 6.20 Å². The normalized spacial score (nSPS) is 12.4. The van der Waals surface area contributed by atoms with E-state index >= 15 is 0 Å². The molecule has 9 heteroatoms. The third-order valence-corrected chi connectivity index (χ3v) is 5.07. The van der Waals surface area contributed by atoms with Gasteiger partial charge in [0.1, 0.15) is 11.7 Å². The lowest BCUT2D eigenvalue weighted by molar-refractivity contribution is -0.145. The second kappa shape index (κ2) is 11.4. The van der Waals surface area contributed by atoms with E-state index in [2.05, 4.69) is 25.4 Å². The summed E-state index contributed by atoms with van der Waals surface area (Å²) in [5.74, 6) is -1.06. The molecule has 0 aliphatic carbocycles. The molecule has 1 aromatic heterocycles. The highest BCUT2D eigenvalue weighted by molar-refractivity contribution is 5.94. The number of benzene rings is 2. The number of hydrogen-bond acceptors (Lipinski definition) is 6. The molecule has 0 aliphatic heterocycles. The monoisotopic (exact) mass is 432 g/mol. The molecule has 0 bridgehead atoms. The largest absolute Gasteiger partial charge is 0.466 e. The van der Waals surface area contributed by atoms with Gasteiger partial charge in [0.25, 0.3) is 0 Å². The summed E-state index contributed by atoms with van der Waals surface area (Å²) in [5, 5.41) is 13.6. The summed E-state index contributed by atoms with van der Waals surface area (Å²) in [6.45, 7) is 1.87. The first-order valence-electron chi connectivity index (χ1n) is 10.3. The summed E-state index contributed by atoms with van der Waals surface area (Å²) < 4.78 is 5.03. The zero-order valence-electron chi connectivity index (χ0n) is 17.7. The van der Waals surface area contributed by atoms with Crippen molar-refractivity contribution in [3.8, 4) is 11.1 Å². The minimum atomic E-state index is -1.00. The summed E-state index contributed by atoms with van der Waals surface area (Å²) in [6.07, 6.45) is 2.20. The van der Waals surface area contributed by atoms with E-state index in [4.69, 9.17) is 10.3 Å². The number of ether oxygens (including phenoxy) is 1. The van der Waals surface area contributed by atoms with Gasteiger partial charge in [-0.05, 0) is 47.9 Å². The zero-order chi connectivity index (χ0) is 22.8. The molecule has 3 aromatic rings. The number of nitrogens with one attached hydrogen (secondary N) is 1. The van der Waals surface area contributed by atoms with Crippen molar-refractivity contribution < 1.29 is 14.3 Å². The van der Waals surface area contributed by atoms with Crippen LogP contribution in [-0.2, 0) is 16.0 Å². The highest BCUT2D eigenvalue weighted by atomic mass is 16.5. The van der Waals surface area contributed by atoms with E-state index in [0.29, 0.717) is 6.42 Å². The Morgan fingerprint density at radius 1 is 1.12 bits per heavy atom. The molecule has 3 rings (SSSR count). The minimum Gasteiger partial charge on any atom is -0.466 e. The molecule has 0 unspecified atom stereocenters. The zero-order valence-corrected chi connectivity index (χ0v) is 17.7. The van der Waals surface area contributed by atoms with Crippen LogP contribution in [0.5, 0.6) is 0 Å². The fourth-order valence-corrected chi connectivity index (χ4v) is 3.55. The molecule has 2 aromatic carbocycles. The summed E-state index contributed by atoms with van der Waals surface area (Å²) in [6, 6.07) is 17.1. The maximum Gasteiger partial charge on any atom is 0.314 e. The highest BCUT2D eigenvalue weighted by Crippen LogP contribution is 2.25. The number of carbonyl (C=O) groups excluding carboxylic acids is 2. The summed E-state index contributed by atoms with van der Waals surface area (Å²) >= 11 is 0. The molecule has 0 spiro atoms. The third-order valence-electron chi connectivity index (χ3n) is 5.07. The molecular formula is C23H24N6O3. The Bertz CT molecular complexity index is 1060. The number of ketones is 1. The molecule has 0 saturated heterocycles. The molecule has 164 valence electrons. The van der Waals surface area contributed by atoms with Crippen molar-refractivity contribution in [3.63, 3.8) is 0 Å². The van der Waals surface area contributed by atoms with E-state index < -0.39 is 12.0 Å².